The molecular weight excluding hydrogens is 611 g/mol. The summed E-state index contributed by atoms with van der Waals surface area (Å²) in [5.74, 6) is 1.99. The average Bonchev–Trinajstić information content (AvgIpc) is 3.40. The molecule has 1 aliphatic rings. The summed E-state index contributed by atoms with van der Waals surface area (Å²) in [6.45, 7) is 4.89. The first kappa shape index (κ1) is 29.2. The fraction of sp³-hybridized carbons (Fsp3) is 0.0444. The van der Waals surface area contributed by atoms with Gasteiger partial charge >= 0.3 is 0 Å². The van der Waals surface area contributed by atoms with Gasteiger partial charge in [-0.25, -0.2) is 15.0 Å². The standard InChI is InChI=1S/C45H33N3Si/c1-49(2)41-24-14-13-22-37(41)40-29-32(25-28-42(40)49)43-46-44(38-23-12-9-19-33(38)30-15-5-3-6-16-30)48-45(47-43)39-27-26-34(31-17-7-4-8-18-31)35-20-10-11-21-36(35)39/h3-29H,1-2H3. The summed E-state index contributed by atoms with van der Waals surface area (Å²) in [6, 6.07) is 58.1. The molecule has 0 unspecified atom stereocenters. The number of rotatable bonds is 5. The molecule has 9 rings (SSSR count). The van der Waals surface area contributed by atoms with E-state index >= 15 is 0 Å². The third-order valence-electron chi connectivity index (χ3n) is 9.98. The van der Waals surface area contributed by atoms with Gasteiger partial charge in [-0.15, -0.1) is 0 Å². The molecule has 232 valence electrons. The lowest BCUT2D eigenvalue weighted by molar-refractivity contribution is 1.08. The van der Waals surface area contributed by atoms with Gasteiger partial charge in [0.15, 0.2) is 17.5 Å². The first-order valence-corrected chi connectivity index (χ1v) is 19.8. The predicted molar refractivity (Wildman–Crippen MR) is 207 cm³/mol. The second kappa shape index (κ2) is 11.6. The Labute approximate surface area is 287 Å². The molecule has 2 heterocycles. The Bertz CT molecular complexity index is 2520. The highest BCUT2D eigenvalue weighted by molar-refractivity contribution is 7.03. The third kappa shape index (κ3) is 4.92. The van der Waals surface area contributed by atoms with Gasteiger partial charge < -0.3 is 0 Å². The largest absolute Gasteiger partial charge is 0.208 e. The molecule has 8 aromatic rings. The zero-order valence-corrected chi connectivity index (χ0v) is 28.4. The van der Waals surface area contributed by atoms with Gasteiger partial charge in [-0.3, -0.25) is 0 Å². The molecule has 7 aromatic carbocycles. The molecule has 0 fully saturated rings. The van der Waals surface area contributed by atoms with Crippen LogP contribution >= 0.6 is 0 Å². The maximum atomic E-state index is 5.26. The van der Waals surface area contributed by atoms with Gasteiger partial charge in [-0.1, -0.05) is 165 Å². The lowest BCUT2D eigenvalue weighted by Crippen LogP contribution is -2.49. The molecule has 0 aliphatic carbocycles. The Hall–Kier alpha value is -5.97. The van der Waals surface area contributed by atoms with Crippen molar-refractivity contribution in [3.8, 4) is 67.5 Å². The quantitative estimate of drug-likeness (QED) is 0.175. The first-order valence-electron chi connectivity index (χ1n) is 16.8. The van der Waals surface area contributed by atoms with Crippen LogP contribution in [0.2, 0.25) is 13.1 Å². The Morgan fingerprint density at radius 1 is 0.327 bits per heavy atom. The fourth-order valence-corrected chi connectivity index (χ4v) is 10.6. The van der Waals surface area contributed by atoms with Crippen LogP contribution in [-0.2, 0) is 0 Å². The molecule has 0 saturated carbocycles. The molecule has 0 radical (unpaired) electrons. The van der Waals surface area contributed by atoms with Crippen LogP contribution in [0.15, 0.2) is 164 Å². The average molecular weight is 644 g/mol. The lowest BCUT2D eigenvalue weighted by atomic mass is 9.94. The minimum Gasteiger partial charge on any atom is -0.208 e. The van der Waals surface area contributed by atoms with Crippen LogP contribution in [0.1, 0.15) is 0 Å². The van der Waals surface area contributed by atoms with Gasteiger partial charge in [-0.05, 0) is 66.7 Å². The van der Waals surface area contributed by atoms with Crippen molar-refractivity contribution < 1.29 is 0 Å². The Morgan fingerprint density at radius 2 is 0.816 bits per heavy atom. The normalized spacial score (nSPS) is 12.9. The van der Waals surface area contributed by atoms with E-state index in [1.807, 2.05) is 6.07 Å². The number of nitrogens with zero attached hydrogens (tertiary/aromatic N) is 3. The van der Waals surface area contributed by atoms with Crippen molar-refractivity contribution >= 4 is 29.2 Å². The maximum Gasteiger partial charge on any atom is 0.164 e. The highest BCUT2D eigenvalue weighted by Gasteiger charge is 2.37. The second-order valence-electron chi connectivity index (χ2n) is 13.2. The van der Waals surface area contributed by atoms with Gasteiger partial charge in [0.2, 0.25) is 0 Å². The summed E-state index contributed by atoms with van der Waals surface area (Å²) >= 11 is 0. The number of fused-ring (bicyclic) bond motifs is 4. The lowest BCUT2D eigenvalue weighted by Gasteiger charge is -2.18. The second-order valence-corrected chi connectivity index (χ2v) is 17.5. The highest BCUT2D eigenvalue weighted by atomic mass is 28.3. The zero-order chi connectivity index (χ0) is 33.0. The van der Waals surface area contributed by atoms with E-state index in [-0.39, 0.29) is 0 Å². The minimum atomic E-state index is -1.79. The molecule has 1 aliphatic heterocycles. The summed E-state index contributed by atoms with van der Waals surface area (Å²) in [5.41, 5.74) is 10.2. The molecule has 4 heteroatoms. The van der Waals surface area contributed by atoms with E-state index in [0.29, 0.717) is 17.5 Å². The topological polar surface area (TPSA) is 38.7 Å². The van der Waals surface area contributed by atoms with Crippen LogP contribution in [0.5, 0.6) is 0 Å². The summed E-state index contributed by atoms with van der Waals surface area (Å²) in [6.07, 6.45) is 0. The Kier molecular flexibility index (Phi) is 6.92. The molecule has 49 heavy (non-hydrogen) atoms. The van der Waals surface area contributed by atoms with Gasteiger partial charge in [0.25, 0.3) is 0 Å². The summed E-state index contributed by atoms with van der Waals surface area (Å²) in [5, 5.41) is 5.23. The predicted octanol–water partition coefficient (Wildman–Crippen LogP) is 10.2. The van der Waals surface area contributed by atoms with Crippen molar-refractivity contribution in [2.45, 2.75) is 13.1 Å². The smallest absolute Gasteiger partial charge is 0.164 e. The van der Waals surface area contributed by atoms with E-state index in [4.69, 9.17) is 15.0 Å². The van der Waals surface area contributed by atoms with Gasteiger partial charge in [0, 0.05) is 16.7 Å². The third-order valence-corrected chi connectivity index (χ3v) is 13.5. The summed E-state index contributed by atoms with van der Waals surface area (Å²) < 4.78 is 0. The molecule has 0 saturated heterocycles. The van der Waals surface area contributed by atoms with Crippen LogP contribution in [0.4, 0.5) is 0 Å². The molecule has 0 N–H and O–H groups in total. The van der Waals surface area contributed by atoms with Crippen molar-refractivity contribution in [2.75, 3.05) is 0 Å². The van der Waals surface area contributed by atoms with Crippen molar-refractivity contribution in [3.63, 3.8) is 0 Å². The maximum absolute atomic E-state index is 5.26. The summed E-state index contributed by atoms with van der Waals surface area (Å²) in [7, 11) is -1.79. The van der Waals surface area contributed by atoms with Gasteiger partial charge in [0.1, 0.15) is 8.07 Å². The number of aromatic nitrogens is 3. The molecule has 1 aromatic heterocycles. The van der Waals surface area contributed by atoms with Crippen LogP contribution in [-0.4, -0.2) is 23.0 Å². The molecule has 0 atom stereocenters. The van der Waals surface area contributed by atoms with Crippen LogP contribution in [0, 0.1) is 0 Å². The first-order chi connectivity index (χ1) is 24.1. The van der Waals surface area contributed by atoms with Gasteiger partial charge in [-0.2, -0.15) is 0 Å². The number of hydrogen-bond acceptors (Lipinski definition) is 3. The molecule has 3 nitrogen and oxygen atoms in total. The highest BCUT2D eigenvalue weighted by Crippen LogP contribution is 2.38. The monoisotopic (exact) mass is 643 g/mol. The number of benzene rings is 7. The van der Waals surface area contributed by atoms with Crippen LogP contribution in [0.3, 0.4) is 0 Å². The van der Waals surface area contributed by atoms with E-state index in [0.717, 1.165) is 33.2 Å². The van der Waals surface area contributed by atoms with E-state index in [1.165, 1.54) is 38.0 Å². The SMILES string of the molecule is C[Si]1(C)c2ccccc2-c2cc(-c3nc(-c4ccccc4-c4ccccc4)nc(-c4ccc(-c5ccccc5)c5ccccc45)n3)ccc21. The van der Waals surface area contributed by atoms with E-state index < -0.39 is 8.07 Å². The molecular formula is C45H33N3Si. The Balaban J connectivity index is 1.29. The van der Waals surface area contributed by atoms with Crippen molar-refractivity contribution in [2.24, 2.45) is 0 Å². The van der Waals surface area contributed by atoms with Crippen molar-refractivity contribution in [1.29, 1.82) is 0 Å². The van der Waals surface area contributed by atoms with E-state index in [1.54, 1.807) is 0 Å². The van der Waals surface area contributed by atoms with E-state index in [9.17, 15) is 0 Å². The van der Waals surface area contributed by atoms with Crippen LogP contribution in [0.25, 0.3) is 78.3 Å². The van der Waals surface area contributed by atoms with Crippen molar-refractivity contribution in [3.05, 3.63) is 164 Å². The minimum absolute atomic E-state index is 0.659. The molecule has 0 bridgehead atoms. The number of hydrogen-bond donors (Lipinski definition) is 0. The van der Waals surface area contributed by atoms with E-state index in [2.05, 4.69) is 171 Å². The van der Waals surface area contributed by atoms with Crippen molar-refractivity contribution in [1.82, 2.24) is 15.0 Å². The zero-order valence-electron chi connectivity index (χ0n) is 27.4. The Morgan fingerprint density at radius 3 is 1.53 bits per heavy atom. The van der Waals surface area contributed by atoms with Gasteiger partial charge in [0.05, 0.1) is 0 Å². The molecule has 0 amide bonds. The molecule has 0 spiro atoms. The summed E-state index contributed by atoms with van der Waals surface area (Å²) in [4.78, 5) is 15.8. The fourth-order valence-electron chi connectivity index (χ4n) is 7.52. The van der Waals surface area contributed by atoms with Crippen LogP contribution < -0.4 is 10.4 Å².